The molecule has 0 bridgehead atoms. The summed E-state index contributed by atoms with van der Waals surface area (Å²) in [5.41, 5.74) is 0.598. The van der Waals surface area contributed by atoms with E-state index in [-0.39, 0.29) is 18.4 Å². The van der Waals surface area contributed by atoms with Gasteiger partial charge in [0.25, 0.3) is 0 Å². The van der Waals surface area contributed by atoms with Gasteiger partial charge in [-0.2, -0.15) is 10.2 Å². The minimum atomic E-state index is -1.75. The Morgan fingerprint density at radius 2 is 1.89 bits per heavy atom. The number of nitrogens with one attached hydrogen (secondary N) is 1. The molecule has 0 saturated carbocycles. The highest BCUT2D eigenvalue weighted by atomic mass is 127. The third-order valence-electron chi connectivity index (χ3n) is 4.04. The topological polar surface area (TPSA) is 64.7 Å². The molecule has 0 atom stereocenters. The SMILES string of the molecule is Cc1c(I)cnn1CCC(=O)Nc1cnn(Cc2c(F)cc(F)c(F)c2F)c1. The van der Waals surface area contributed by atoms with Crippen LogP contribution in [0, 0.1) is 33.8 Å². The van der Waals surface area contributed by atoms with Crippen molar-refractivity contribution in [1.82, 2.24) is 19.6 Å². The van der Waals surface area contributed by atoms with Crippen molar-refractivity contribution in [2.24, 2.45) is 0 Å². The number of anilines is 1. The summed E-state index contributed by atoms with van der Waals surface area (Å²) in [7, 11) is 0. The number of hydrogen-bond donors (Lipinski definition) is 1. The Hall–Kier alpha value is -2.44. The quantitative estimate of drug-likeness (QED) is 0.240. The molecule has 0 spiro atoms. The van der Waals surface area contributed by atoms with Gasteiger partial charge in [0.1, 0.15) is 5.82 Å². The Morgan fingerprint density at radius 1 is 1.14 bits per heavy atom. The summed E-state index contributed by atoms with van der Waals surface area (Å²) in [6.07, 6.45) is 4.49. The summed E-state index contributed by atoms with van der Waals surface area (Å²) in [6, 6.07) is 0.276. The zero-order valence-corrected chi connectivity index (χ0v) is 16.7. The van der Waals surface area contributed by atoms with Gasteiger partial charge in [0.05, 0.1) is 34.7 Å². The van der Waals surface area contributed by atoms with Gasteiger partial charge in [-0.3, -0.25) is 14.2 Å². The molecule has 1 amide bonds. The first-order valence-corrected chi connectivity index (χ1v) is 9.16. The molecule has 6 nitrogen and oxygen atoms in total. The van der Waals surface area contributed by atoms with Crippen LogP contribution in [-0.4, -0.2) is 25.5 Å². The minimum absolute atomic E-state index is 0.163. The molecule has 11 heteroatoms. The minimum Gasteiger partial charge on any atom is -0.323 e. The average molecular weight is 507 g/mol. The molecule has 2 heterocycles. The molecule has 3 aromatic rings. The van der Waals surface area contributed by atoms with E-state index in [1.54, 1.807) is 10.9 Å². The predicted octanol–water partition coefficient (Wildman–Crippen LogP) is 3.63. The van der Waals surface area contributed by atoms with Crippen LogP contribution in [0.5, 0.6) is 0 Å². The molecule has 0 aliphatic carbocycles. The van der Waals surface area contributed by atoms with Gasteiger partial charge in [0.2, 0.25) is 5.91 Å². The lowest BCUT2D eigenvalue weighted by molar-refractivity contribution is -0.116. The first kappa shape index (κ1) is 20.3. The lowest BCUT2D eigenvalue weighted by Crippen LogP contribution is -2.15. The number of aromatic nitrogens is 4. The Kier molecular flexibility index (Phi) is 6.01. The smallest absolute Gasteiger partial charge is 0.226 e. The maximum absolute atomic E-state index is 13.7. The Morgan fingerprint density at radius 3 is 2.57 bits per heavy atom. The zero-order chi connectivity index (χ0) is 20.4. The van der Waals surface area contributed by atoms with Crippen molar-refractivity contribution >= 4 is 34.2 Å². The maximum Gasteiger partial charge on any atom is 0.226 e. The van der Waals surface area contributed by atoms with Gasteiger partial charge in [-0.05, 0) is 29.5 Å². The Bertz CT molecular complexity index is 1030. The van der Waals surface area contributed by atoms with E-state index in [4.69, 9.17) is 0 Å². The number of benzene rings is 1. The summed E-state index contributed by atoms with van der Waals surface area (Å²) in [6.45, 7) is 1.82. The predicted molar refractivity (Wildman–Crippen MR) is 101 cm³/mol. The molecular weight excluding hydrogens is 493 g/mol. The second-order valence-corrected chi connectivity index (χ2v) is 7.13. The van der Waals surface area contributed by atoms with Gasteiger partial charge in [-0.1, -0.05) is 0 Å². The summed E-state index contributed by atoms with van der Waals surface area (Å²) >= 11 is 2.15. The molecular formula is C17H14F4IN5O. The molecule has 2 aromatic heterocycles. The monoisotopic (exact) mass is 507 g/mol. The maximum atomic E-state index is 13.7. The van der Waals surface area contributed by atoms with Gasteiger partial charge in [0, 0.05) is 29.9 Å². The fourth-order valence-electron chi connectivity index (χ4n) is 2.51. The van der Waals surface area contributed by atoms with Crippen molar-refractivity contribution in [3.63, 3.8) is 0 Å². The number of hydrogen-bond acceptors (Lipinski definition) is 3. The highest BCUT2D eigenvalue weighted by Crippen LogP contribution is 2.20. The van der Waals surface area contributed by atoms with E-state index in [1.165, 1.54) is 12.4 Å². The molecule has 3 rings (SSSR count). The molecule has 0 aliphatic rings. The highest BCUT2D eigenvalue weighted by molar-refractivity contribution is 14.1. The highest BCUT2D eigenvalue weighted by Gasteiger charge is 2.19. The lowest BCUT2D eigenvalue weighted by Gasteiger charge is -2.07. The number of aryl methyl sites for hydroxylation is 1. The number of amides is 1. The summed E-state index contributed by atoms with van der Waals surface area (Å²) < 4.78 is 57.6. The molecule has 0 fully saturated rings. The third-order valence-corrected chi connectivity index (χ3v) is 5.10. The van der Waals surface area contributed by atoms with Crippen molar-refractivity contribution in [3.8, 4) is 0 Å². The Balaban J connectivity index is 1.62. The molecule has 1 N–H and O–H groups in total. The first-order chi connectivity index (χ1) is 13.3. The van der Waals surface area contributed by atoms with Crippen LogP contribution in [0.25, 0.3) is 0 Å². The van der Waals surface area contributed by atoms with Crippen LogP contribution in [-0.2, 0) is 17.9 Å². The number of carbonyl (C=O) groups is 1. The zero-order valence-electron chi connectivity index (χ0n) is 14.5. The van der Waals surface area contributed by atoms with Crippen LogP contribution < -0.4 is 5.32 Å². The van der Waals surface area contributed by atoms with Gasteiger partial charge in [-0.25, -0.2) is 17.6 Å². The van der Waals surface area contributed by atoms with Gasteiger partial charge in [0.15, 0.2) is 17.5 Å². The van der Waals surface area contributed by atoms with E-state index >= 15 is 0 Å². The second-order valence-electron chi connectivity index (χ2n) is 5.97. The van der Waals surface area contributed by atoms with Crippen LogP contribution in [0.15, 0.2) is 24.7 Å². The fraction of sp³-hybridized carbons (Fsp3) is 0.235. The van der Waals surface area contributed by atoms with Crippen molar-refractivity contribution in [1.29, 1.82) is 0 Å². The molecule has 28 heavy (non-hydrogen) atoms. The van der Waals surface area contributed by atoms with Crippen molar-refractivity contribution in [2.75, 3.05) is 5.32 Å². The molecule has 0 saturated heterocycles. The average Bonchev–Trinajstić information content (AvgIpc) is 3.22. The van der Waals surface area contributed by atoms with Crippen LogP contribution in [0.3, 0.4) is 0 Å². The van der Waals surface area contributed by atoms with E-state index in [2.05, 4.69) is 38.1 Å². The van der Waals surface area contributed by atoms with Crippen LogP contribution >= 0.6 is 22.6 Å². The number of rotatable bonds is 6. The van der Waals surface area contributed by atoms with E-state index in [9.17, 15) is 22.4 Å². The summed E-state index contributed by atoms with van der Waals surface area (Å²) in [5, 5.41) is 10.6. The number of carbonyl (C=O) groups excluding carboxylic acids is 1. The normalized spacial score (nSPS) is 11.1. The lowest BCUT2D eigenvalue weighted by atomic mass is 10.2. The van der Waals surface area contributed by atoms with Gasteiger partial charge >= 0.3 is 0 Å². The molecule has 0 aliphatic heterocycles. The van der Waals surface area contributed by atoms with Crippen molar-refractivity contribution in [2.45, 2.75) is 26.4 Å². The molecule has 148 valence electrons. The summed E-state index contributed by atoms with van der Waals surface area (Å²) in [4.78, 5) is 12.1. The van der Waals surface area contributed by atoms with Gasteiger partial charge in [-0.15, -0.1) is 0 Å². The van der Waals surface area contributed by atoms with E-state index in [0.29, 0.717) is 12.2 Å². The summed E-state index contributed by atoms with van der Waals surface area (Å²) in [5.74, 6) is -6.48. The fourth-order valence-corrected chi connectivity index (χ4v) is 2.91. The number of halogens is 5. The van der Waals surface area contributed by atoms with Crippen molar-refractivity contribution in [3.05, 3.63) is 62.8 Å². The second kappa shape index (κ2) is 8.29. The largest absolute Gasteiger partial charge is 0.323 e. The standard InChI is InChI=1S/C17H14F4IN5O/c1-9-14(22)6-24-27(9)3-2-15(28)25-10-5-23-26(7-10)8-11-12(18)4-13(19)17(21)16(11)20/h4-7H,2-3,8H2,1H3,(H,25,28). The van der Waals surface area contributed by atoms with Crippen LogP contribution in [0.2, 0.25) is 0 Å². The van der Waals surface area contributed by atoms with Crippen LogP contribution in [0.4, 0.5) is 23.2 Å². The molecule has 1 aromatic carbocycles. The third kappa shape index (κ3) is 4.34. The number of nitrogens with zero attached hydrogens (tertiary/aromatic N) is 4. The van der Waals surface area contributed by atoms with Gasteiger partial charge < -0.3 is 5.32 Å². The Labute approximate surface area is 170 Å². The van der Waals surface area contributed by atoms with E-state index < -0.39 is 35.4 Å². The molecule has 0 radical (unpaired) electrons. The van der Waals surface area contributed by atoms with E-state index in [0.717, 1.165) is 13.9 Å². The first-order valence-electron chi connectivity index (χ1n) is 8.08. The molecule has 0 unspecified atom stereocenters. The van der Waals surface area contributed by atoms with Crippen LogP contribution in [0.1, 0.15) is 17.7 Å². The van der Waals surface area contributed by atoms with Crippen molar-refractivity contribution < 1.29 is 22.4 Å². The van der Waals surface area contributed by atoms with E-state index in [1.807, 2.05) is 6.92 Å².